The summed E-state index contributed by atoms with van der Waals surface area (Å²) in [5.41, 5.74) is 1.66. The van der Waals surface area contributed by atoms with Crippen LogP contribution in [0.25, 0.3) is 0 Å². The van der Waals surface area contributed by atoms with E-state index in [4.69, 9.17) is 9.47 Å². The van der Waals surface area contributed by atoms with Crippen LogP contribution in [0.4, 0.5) is 10.5 Å². The van der Waals surface area contributed by atoms with Gasteiger partial charge < -0.3 is 20.1 Å². The quantitative estimate of drug-likeness (QED) is 0.756. The largest absolute Gasteiger partial charge is 0.490 e. The second-order valence-electron chi connectivity index (χ2n) is 5.79. The highest BCUT2D eigenvalue weighted by atomic mass is 16.6. The molecule has 0 heterocycles. The Morgan fingerprint density at radius 3 is 2.54 bits per heavy atom. The van der Waals surface area contributed by atoms with Crippen molar-refractivity contribution in [3.63, 3.8) is 0 Å². The third-order valence-electron chi connectivity index (χ3n) is 3.60. The molecule has 6 heteroatoms. The first-order chi connectivity index (χ1) is 12.6. The summed E-state index contributed by atoms with van der Waals surface area (Å²) in [5.74, 6) is 0.454. The maximum Gasteiger partial charge on any atom is 0.407 e. The van der Waals surface area contributed by atoms with Gasteiger partial charge in [0.1, 0.15) is 18.5 Å². The number of rotatable bonds is 8. The molecule has 0 radical (unpaired) electrons. The molecule has 0 aliphatic heterocycles. The molecule has 0 aromatic heterocycles. The van der Waals surface area contributed by atoms with Gasteiger partial charge in [0.25, 0.3) is 0 Å². The molecule has 0 saturated carbocycles. The number of nitrogens with one attached hydrogen (secondary N) is 2. The summed E-state index contributed by atoms with van der Waals surface area (Å²) in [6.07, 6.45) is -0.212. The lowest BCUT2D eigenvalue weighted by Gasteiger charge is -2.17. The van der Waals surface area contributed by atoms with E-state index in [0.29, 0.717) is 24.4 Å². The van der Waals surface area contributed by atoms with Crippen molar-refractivity contribution in [2.45, 2.75) is 32.9 Å². The van der Waals surface area contributed by atoms with Crippen molar-refractivity contribution in [3.8, 4) is 5.75 Å². The van der Waals surface area contributed by atoms with E-state index in [1.807, 2.05) is 37.3 Å². The van der Waals surface area contributed by atoms with Crippen LogP contribution >= 0.6 is 0 Å². The van der Waals surface area contributed by atoms with Crippen LogP contribution in [-0.2, 0) is 16.1 Å². The number of anilines is 1. The normalized spacial score (nSPS) is 11.3. The summed E-state index contributed by atoms with van der Waals surface area (Å²) < 4.78 is 11.1. The molecule has 26 heavy (non-hydrogen) atoms. The average Bonchev–Trinajstić information content (AvgIpc) is 2.64. The van der Waals surface area contributed by atoms with E-state index in [2.05, 4.69) is 10.6 Å². The van der Waals surface area contributed by atoms with E-state index in [1.165, 1.54) is 6.92 Å². The van der Waals surface area contributed by atoms with Crippen LogP contribution in [0.2, 0.25) is 0 Å². The molecule has 1 atom stereocenters. The molecule has 2 aromatic carbocycles. The summed E-state index contributed by atoms with van der Waals surface area (Å²) >= 11 is 0. The van der Waals surface area contributed by atoms with Gasteiger partial charge in [0.15, 0.2) is 0 Å². The average molecular weight is 356 g/mol. The van der Waals surface area contributed by atoms with Gasteiger partial charge in [-0.05, 0) is 24.1 Å². The topological polar surface area (TPSA) is 76.7 Å². The molecule has 0 aliphatic carbocycles. The number of hydrogen-bond donors (Lipinski definition) is 2. The van der Waals surface area contributed by atoms with E-state index >= 15 is 0 Å². The van der Waals surface area contributed by atoms with Gasteiger partial charge in [-0.2, -0.15) is 0 Å². The summed E-state index contributed by atoms with van der Waals surface area (Å²) in [7, 11) is 0. The number of hydrogen-bond acceptors (Lipinski definition) is 4. The van der Waals surface area contributed by atoms with Gasteiger partial charge in [0.05, 0.1) is 0 Å². The summed E-state index contributed by atoms with van der Waals surface area (Å²) in [6.45, 7) is 4.02. The Kier molecular flexibility index (Phi) is 7.49. The standard InChI is InChI=1S/C20H24N2O4/c1-3-18(26-20(24)21-13-16-8-5-4-6-9-16)14-25-19-11-7-10-17(12-19)22-15(2)23/h4-12,18H,3,13-14H2,1-2H3,(H,21,24)(H,22,23). The molecule has 0 bridgehead atoms. The maximum absolute atomic E-state index is 11.9. The zero-order valence-electron chi connectivity index (χ0n) is 15.0. The Morgan fingerprint density at radius 1 is 1.08 bits per heavy atom. The minimum atomic E-state index is -0.476. The van der Waals surface area contributed by atoms with Crippen LogP contribution in [0.15, 0.2) is 54.6 Å². The van der Waals surface area contributed by atoms with Crippen LogP contribution in [0.1, 0.15) is 25.8 Å². The first-order valence-electron chi connectivity index (χ1n) is 8.55. The van der Waals surface area contributed by atoms with Crippen molar-refractivity contribution in [1.29, 1.82) is 0 Å². The molecule has 0 fully saturated rings. The van der Waals surface area contributed by atoms with E-state index in [9.17, 15) is 9.59 Å². The minimum absolute atomic E-state index is 0.146. The third kappa shape index (κ3) is 6.84. The molecule has 0 saturated heterocycles. The van der Waals surface area contributed by atoms with E-state index in [1.54, 1.807) is 24.3 Å². The number of carbonyl (C=O) groups is 2. The highest BCUT2D eigenvalue weighted by molar-refractivity contribution is 5.88. The first-order valence-corrected chi connectivity index (χ1v) is 8.55. The second kappa shape index (κ2) is 10.1. The van der Waals surface area contributed by atoms with Gasteiger partial charge >= 0.3 is 6.09 Å². The van der Waals surface area contributed by atoms with Crippen LogP contribution < -0.4 is 15.4 Å². The zero-order chi connectivity index (χ0) is 18.8. The second-order valence-corrected chi connectivity index (χ2v) is 5.79. The van der Waals surface area contributed by atoms with Crippen molar-refractivity contribution < 1.29 is 19.1 Å². The maximum atomic E-state index is 11.9. The van der Waals surface area contributed by atoms with Crippen molar-refractivity contribution >= 4 is 17.7 Å². The fourth-order valence-electron chi connectivity index (χ4n) is 2.25. The summed E-state index contributed by atoms with van der Waals surface area (Å²) in [4.78, 5) is 23.0. The van der Waals surface area contributed by atoms with Gasteiger partial charge in [-0.3, -0.25) is 4.79 Å². The van der Waals surface area contributed by atoms with Crippen LogP contribution in [0, 0.1) is 0 Å². The number of ether oxygens (including phenoxy) is 2. The smallest absolute Gasteiger partial charge is 0.407 e. The lowest BCUT2D eigenvalue weighted by atomic mass is 10.2. The molecule has 0 aliphatic rings. The van der Waals surface area contributed by atoms with Gasteiger partial charge in [-0.1, -0.05) is 43.3 Å². The van der Waals surface area contributed by atoms with Crippen LogP contribution in [0.3, 0.4) is 0 Å². The molecule has 6 nitrogen and oxygen atoms in total. The number of carbonyl (C=O) groups excluding carboxylic acids is 2. The monoisotopic (exact) mass is 356 g/mol. The SMILES string of the molecule is CCC(COc1cccc(NC(C)=O)c1)OC(=O)NCc1ccccc1. The molecule has 2 aromatic rings. The molecule has 138 valence electrons. The molecule has 2 amide bonds. The molecule has 1 unspecified atom stereocenters. The summed E-state index contributed by atoms with van der Waals surface area (Å²) in [5, 5.41) is 5.43. The van der Waals surface area contributed by atoms with Gasteiger partial charge in [0.2, 0.25) is 5.91 Å². The van der Waals surface area contributed by atoms with Gasteiger partial charge in [-0.15, -0.1) is 0 Å². The van der Waals surface area contributed by atoms with Crippen molar-refractivity contribution in [2.24, 2.45) is 0 Å². The highest BCUT2D eigenvalue weighted by Crippen LogP contribution is 2.18. The number of alkyl carbamates (subject to hydrolysis) is 1. The minimum Gasteiger partial charge on any atom is -0.490 e. The van der Waals surface area contributed by atoms with Crippen LogP contribution in [0.5, 0.6) is 5.75 Å². The lowest BCUT2D eigenvalue weighted by molar-refractivity contribution is -0.114. The molecule has 2 rings (SSSR count). The van der Waals surface area contributed by atoms with Gasteiger partial charge in [-0.25, -0.2) is 4.79 Å². The Morgan fingerprint density at radius 2 is 1.85 bits per heavy atom. The zero-order valence-corrected chi connectivity index (χ0v) is 15.0. The lowest BCUT2D eigenvalue weighted by Crippen LogP contribution is -2.31. The van der Waals surface area contributed by atoms with Crippen molar-refractivity contribution in [3.05, 3.63) is 60.2 Å². The van der Waals surface area contributed by atoms with E-state index < -0.39 is 6.09 Å². The Balaban J connectivity index is 1.79. The fourth-order valence-corrected chi connectivity index (χ4v) is 2.25. The van der Waals surface area contributed by atoms with E-state index in [0.717, 1.165) is 5.56 Å². The Bertz CT molecular complexity index is 719. The molecular formula is C20H24N2O4. The number of amides is 2. The van der Waals surface area contributed by atoms with Crippen LogP contribution in [-0.4, -0.2) is 24.7 Å². The molecule has 0 spiro atoms. The summed E-state index contributed by atoms with van der Waals surface area (Å²) in [6, 6.07) is 16.7. The van der Waals surface area contributed by atoms with Crippen molar-refractivity contribution in [1.82, 2.24) is 5.32 Å². The van der Waals surface area contributed by atoms with Crippen molar-refractivity contribution in [2.75, 3.05) is 11.9 Å². The number of benzene rings is 2. The predicted molar refractivity (Wildman–Crippen MR) is 100 cm³/mol. The van der Waals surface area contributed by atoms with Gasteiger partial charge in [0, 0.05) is 25.2 Å². The predicted octanol–water partition coefficient (Wildman–Crippen LogP) is 3.73. The fraction of sp³-hybridized carbons (Fsp3) is 0.300. The first kappa shape index (κ1) is 19.3. The third-order valence-corrected chi connectivity index (χ3v) is 3.60. The Hall–Kier alpha value is -3.02. The molecular weight excluding hydrogens is 332 g/mol. The Labute approximate surface area is 153 Å². The highest BCUT2D eigenvalue weighted by Gasteiger charge is 2.13. The molecule has 2 N–H and O–H groups in total. The van der Waals surface area contributed by atoms with E-state index in [-0.39, 0.29) is 18.6 Å².